The molecule has 0 unspecified atom stereocenters. The number of carbonyl (C=O) groups excluding carboxylic acids is 3. The average molecular weight is 1150 g/mol. The second-order valence-corrected chi connectivity index (χ2v) is 23.7. The molecular weight excluding hydrogens is 1080 g/mol. The number of carboxylic acid groups (broad SMARTS) is 1. The molecule has 2 atom stereocenters. The number of ether oxygens (including phenoxy) is 2. The molecular formula is C60H74F4N12O7. The zero-order valence-corrected chi connectivity index (χ0v) is 48.2. The van der Waals surface area contributed by atoms with Crippen molar-refractivity contribution in [3.05, 3.63) is 85.5 Å². The van der Waals surface area contributed by atoms with Gasteiger partial charge in [0.25, 0.3) is 0 Å². The summed E-state index contributed by atoms with van der Waals surface area (Å²) in [7, 11) is 0. The van der Waals surface area contributed by atoms with Crippen LogP contribution in [0.1, 0.15) is 107 Å². The standard InChI is InChI=1S/C30H36F2N6O3.C23H28N6O2.C7H10F2O2/c1-19-18-37(15-16-38(19)27(39)21-9-12-30(31,32)13-10-21)26-24-17-33-14-11-23(24)25(35-36-26)20-5-7-22(8-6-20)34-28(40)41-29(2,3)4;1-15-14-29(12-11-25-15)21-19-13-24-10-9-18(19)20(27-28-21)16-5-7-17(8-6-16)26-22(30)31-23(2,3)4;8-7(9)3-1-5(2-4-7)6(10)11/h5-8,11,14,17,19,21H,9-10,12-13,15-16,18H2,1-4H3,(H,34,40);5-10,13,15,25H,11-12,14H2,1-4H3,(H,26,30);5H,1-4H2,(H,10,11)/t19-;15-;/m00./s1. The zero-order chi connectivity index (χ0) is 59.9. The van der Waals surface area contributed by atoms with Crippen molar-refractivity contribution in [2.45, 2.75) is 142 Å². The average Bonchev–Trinajstić information content (AvgIpc) is 2.73. The predicted octanol–water partition coefficient (Wildman–Crippen LogP) is 11.6. The van der Waals surface area contributed by atoms with Crippen molar-refractivity contribution in [3.63, 3.8) is 0 Å². The molecule has 4 N–H and O–H groups in total. The van der Waals surface area contributed by atoms with Gasteiger partial charge in [-0.2, -0.15) is 0 Å². The number of nitrogens with zero attached hydrogens (tertiary/aromatic N) is 9. The Hall–Kier alpha value is -7.82. The number of carboxylic acids is 1. The number of piperazine rings is 2. The van der Waals surface area contributed by atoms with Crippen LogP contribution in [0, 0.1) is 11.8 Å². The van der Waals surface area contributed by atoms with Crippen molar-refractivity contribution in [3.8, 4) is 22.5 Å². The maximum absolute atomic E-state index is 13.6. The van der Waals surface area contributed by atoms with Crippen molar-refractivity contribution >= 4 is 68.6 Å². The fraction of sp³-hybridized carbons (Fsp3) is 0.500. The molecule has 23 heteroatoms. The number of amides is 3. The van der Waals surface area contributed by atoms with E-state index in [1.54, 1.807) is 51.5 Å². The number of anilines is 4. The van der Waals surface area contributed by atoms with Gasteiger partial charge in [0.15, 0.2) is 11.6 Å². The highest BCUT2D eigenvalue weighted by Gasteiger charge is 2.41. The van der Waals surface area contributed by atoms with Crippen LogP contribution in [-0.2, 0) is 19.1 Å². The van der Waals surface area contributed by atoms with Crippen LogP contribution in [0.2, 0.25) is 0 Å². The maximum atomic E-state index is 13.6. The van der Waals surface area contributed by atoms with E-state index in [1.165, 1.54) is 0 Å². The first-order valence-corrected chi connectivity index (χ1v) is 28.2. The van der Waals surface area contributed by atoms with E-state index in [4.69, 9.17) is 14.6 Å². The van der Waals surface area contributed by atoms with Gasteiger partial charge in [-0.3, -0.25) is 30.2 Å². The van der Waals surface area contributed by atoms with Crippen molar-refractivity contribution in [2.75, 3.05) is 59.7 Å². The topological polar surface area (TPSA) is 230 Å². The van der Waals surface area contributed by atoms with Gasteiger partial charge in [0.05, 0.1) is 5.92 Å². The summed E-state index contributed by atoms with van der Waals surface area (Å²) in [5, 5.41) is 39.4. The van der Waals surface area contributed by atoms with Crippen LogP contribution >= 0.6 is 0 Å². The molecule has 0 bridgehead atoms. The molecule has 0 spiro atoms. The smallest absolute Gasteiger partial charge is 0.412 e. The number of carbonyl (C=O) groups is 4. The molecule has 2 aliphatic heterocycles. The molecule has 4 aromatic heterocycles. The summed E-state index contributed by atoms with van der Waals surface area (Å²) in [6.07, 6.45) is 5.81. The summed E-state index contributed by atoms with van der Waals surface area (Å²) in [4.78, 5) is 62.5. The lowest BCUT2D eigenvalue weighted by Crippen LogP contribution is -2.56. The van der Waals surface area contributed by atoms with E-state index < -0.39 is 47.1 Å². The van der Waals surface area contributed by atoms with Crippen molar-refractivity contribution < 1.29 is 51.3 Å². The monoisotopic (exact) mass is 1150 g/mol. The number of pyridine rings is 2. The molecule has 2 aliphatic carbocycles. The van der Waals surface area contributed by atoms with Gasteiger partial charge in [0.1, 0.15) is 22.6 Å². The molecule has 444 valence electrons. The third-order valence-electron chi connectivity index (χ3n) is 14.7. The minimum absolute atomic E-state index is 0.0230. The summed E-state index contributed by atoms with van der Waals surface area (Å²) in [5.41, 5.74) is 3.33. The predicted molar refractivity (Wildman–Crippen MR) is 310 cm³/mol. The molecule has 4 fully saturated rings. The van der Waals surface area contributed by atoms with E-state index in [-0.39, 0.29) is 69.2 Å². The highest BCUT2D eigenvalue weighted by atomic mass is 19.3. The van der Waals surface area contributed by atoms with Crippen LogP contribution in [-0.4, -0.2) is 139 Å². The van der Waals surface area contributed by atoms with Crippen LogP contribution < -0.4 is 25.8 Å². The summed E-state index contributed by atoms with van der Waals surface area (Å²) in [6.45, 7) is 19.3. The Morgan fingerprint density at radius 2 is 1.02 bits per heavy atom. The molecule has 0 radical (unpaired) electrons. The Kier molecular flexibility index (Phi) is 19.0. The van der Waals surface area contributed by atoms with Gasteiger partial charge in [-0.05, 0) is 117 Å². The highest BCUT2D eigenvalue weighted by Crippen LogP contribution is 2.39. The fourth-order valence-corrected chi connectivity index (χ4v) is 10.5. The van der Waals surface area contributed by atoms with Gasteiger partial charge in [-0.25, -0.2) is 27.2 Å². The van der Waals surface area contributed by atoms with Crippen molar-refractivity contribution in [2.24, 2.45) is 11.8 Å². The van der Waals surface area contributed by atoms with Gasteiger partial charge >= 0.3 is 18.2 Å². The summed E-state index contributed by atoms with van der Waals surface area (Å²) in [6, 6.07) is 19.0. The van der Waals surface area contributed by atoms with Gasteiger partial charge in [0.2, 0.25) is 17.8 Å². The van der Waals surface area contributed by atoms with Crippen LogP contribution in [0.25, 0.3) is 44.1 Å². The largest absolute Gasteiger partial charge is 0.481 e. The molecule has 2 aromatic carbocycles. The zero-order valence-electron chi connectivity index (χ0n) is 48.2. The first kappa shape index (κ1) is 61.3. The first-order valence-electron chi connectivity index (χ1n) is 28.2. The molecule has 2 saturated heterocycles. The number of aromatic nitrogens is 6. The Morgan fingerprint density at radius 1 is 0.590 bits per heavy atom. The lowest BCUT2D eigenvalue weighted by Gasteiger charge is -2.42. The SMILES string of the molecule is C[C@H]1CN(c2nnc(-c3ccc(NC(=O)OC(C)(C)C)cc3)c3ccncc23)CCN1.C[C@H]1CN(c2nnc(-c3ccc(NC(=O)OC(C)(C)C)cc3)c3ccncc23)CCN1C(=O)C1CCC(F)(F)CC1.O=C(O)C1CCC(F)(F)CC1. The number of hydrogen-bond acceptors (Lipinski definition) is 15. The molecule has 6 aromatic rings. The van der Waals surface area contributed by atoms with Crippen molar-refractivity contribution in [1.82, 2.24) is 40.6 Å². The number of alkyl halides is 4. The second kappa shape index (κ2) is 25.8. The van der Waals surface area contributed by atoms with Crippen LogP contribution in [0.15, 0.2) is 85.5 Å². The number of hydrogen-bond donors (Lipinski definition) is 4. The fourth-order valence-electron chi connectivity index (χ4n) is 10.5. The van der Waals surface area contributed by atoms with E-state index in [0.29, 0.717) is 48.6 Å². The van der Waals surface area contributed by atoms with Gasteiger partial charge in [-0.15, -0.1) is 20.4 Å². The normalized spacial score (nSPS) is 19.3. The van der Waals surface area contributed by atoms with Gasteiger partial charge < -0.3 is 34.6 Å². The Balaban J connectivity index is 0.000000188. The molecule has 10 rings (SSSR count). The Morgan fingerprint density at radius 3 is 1.43 bits per heavy atom. The lowest BCUT2D eigenvalue weighted by atomic mass is 9.85. The minimum Gasteiger partial charge on any atom is -0.481 e. The van der Waals surface area contributed by atoms with E-state index in [1.807, 2.05) is 87.3 Å². The second-order valence-electron chi connectivity index (χ2n) is 23.7. The van der Waals surface area contributed by atoms with E-state index >= 15 is 0 Å². The minimum atomic E-state index is -2.65. The molecule has 3 amide bonds. The quantitative estimate of drug-likeness (QED) is 0.104. The summed E-state index contributed by atoms with van der Waals surface area (Å²) in [5.74, 6) is -5.56. The lowest BCUT2D eigenvalue weighted by molar-refractivity contribution is -0.146. The maximum Gasteiger partial charge on any atom is 0.412 e. The summed E-state index contributed by atoms with van der Waals surface area (Å²) < 4.78 is 62.7. The number of rotatable bonds is 8. The molecule has 19 nitrogen and oxygen atoms in total. The third-order valence-corrected chi connectivity index (χ3v) is 14.7. The third kappa shape index (κ3) is 16.5. The van der Waals surface area contributed by atoms with Gasteiger partial charge in [0, 0.05) is 152 Å². The number of nitrogens with one attached hydrogen (secondary N) is 3. The van der Waals surface area contributed by atoms with Crippen LogP contribution in [0.3, 0.4) is 0 Å². The highest BCUT2D eigenvalue weighted by molar-refractivity contribution is 6.01. The van der Waals surface area contributed by atoms with E-state index in [9.17, 15) is 36.7 Å². The van der Waals surface area contributed by atoms with Gasteiger partial charge in [-0.1, -0.05) is 24.3 Å². The van der Waals surface area contributed by atoms with Crippen molar-refractivity contribution in [1.29, 1.82) is 0 Å². The molecule has 2 saturated carbocycles. The van der Waals surface area contributed by atoms with E-state index in [0.717, 1.165) is 63.8 Å². The summed E-state index contributed by atoms with van der Waals surface area (Å²) >= 11 is 0. The van der Waals surface area contributed by atoms with Crippen LogP contribution in [0.5, 0.6) is 0 Å². The Bertz CT molecular complexity index is 3230. The molecule has 83 heavy (non-hydrogen) atoms. The number of fused-ring (bicyclic) bond motifs is 2. The number of benzene rings is 2. The number of aliphatic carboxylic acids is 1. The molecule has 6 heterocycles. The first-order chi connectivity index (χ1) is 39.2. The van der Waals surface area contributed by atoms with Crippen LogP contribution in [0.4, 0.5) is 50.2 Å². The Labute approximate surface area is 480 Å². The van der Waals surface area contributed by atoms with E-state index in [2.05, 4.69) is 63.0 Å². The number of halogens is 4. The molecule has 4 aliphatic rings.